The van der Waals surface area contributed by atoms with Gasteiger partial charge in [-0.3, -0.25) is 0 Å². The Bertz CT molecular complexity index is 277. The molecule has 0 aromatic heterocycles. The van der Waals surface area contributed by atoms with Gasteiger partial charge in [0.25, 0.3) is 0 Å². The van der Waals surface area contributed by atoms with Gasteiger partial charge in [0.2, 0.25) is 0 Å². The van der Waals surface area contributed by atoms with Crippen LogP contribution in [0, 0.1) is 0 Å². The second-order valence-electron chi connectivity index (χ2n) is 4.38. The topological polar surface area (TPSA) is 32.3 Å². The van der Waals surface area contributed by atoms with E-state index in [4.69, 9.17) is 5.11 Å². The predicted octanol–water partition coefficient (Wildman–Crippen LogP) is 2.28. The van der Waals surface area contributed by atoms with Gasteiger partial charge in [-0.1, -0.05) is 38.1 Å². The molecule has 84 valence electrons. The van der Waals surface area contributed by atoms with Crippen LogP contribution in [0.2, 0.25) is 0 Å². The first kappa shape index (κ1) is 12.2. The Morgan fingerprint density at radius 3 is 2.20 bits per heavy atom. The molecule has 15 heavy (non-hydrogen) atoms. The lowest BCUT2D eigenvalue weighted by atomic mass is 10.0. The summed E-state index contributed by atoms with van der Waals surface area (Å²) >= 11 is 0. The molecule has 1 rings (SSSR count). The van der Waals surface area contributed by atoms with Crippen molar-refractivity contribution in [3.63, 3.8) is 0 Å². The fraction of sp³-hybridized carbons (Fsp3) is 0.538. The molecule has 0 heterocycles. The lowest BCUT2D eigenvalue weighted by Crippen LogP contribution is -2.23. The first-order chi connectivity index (χ1) is 7.09. The Morgan fingerprint density at radius 1 is 1.13 bits per heavy atom. The summed E-state index contributed by atoms with van der Waals surface area (Å²) in [6, 6.07) is 8.63. The molecule has 0 saturated heterocycles. The van der Waals surface area contributed by atoms with Crippen LogP contribution in [0.25, 0.3) is 0 Å². The second kappa shape index (κ2) is 5.89. The maximum absolute atomic E-state index is 9.08. The zero-order chi connectivity index (χ0) is 11.3. The van der Waals surface area contributed by atoms with Gasteiger partial charge >= 0.3 is 0 Å². The van der Waals surface area contributed by atoms with Crippen molar-refractivity contribution < 1.29 is 5.11 Å². The molecular formula is C13H21NO. The van der Waals surface area contributed by atoms with Crippen LogP contribution in [-0.4, -0.2) is 17.8 Å². The van der Waals surface area contributed by atoms with Crippen molar-refractivity contribution in [1.82, 2.24) is 5.32 Å². The highest BCUT2D eigenvalue weighted by Crippen LogP contribution is 2.14. The predicted molar refractivity (Wildman–Crippen MR) is 63.9 cm³/mol. The number of benzene rings is 1. The largest absolute Gasteiger partial charge is 0.392 e. The van der Waals surface area contributed by atoms with Gasteiger partial charge in [0, 0.05) is 13.1 Å². The number of hydrogen-bond donors (Lipinski definition) is 2. The molecule has 0 radical (unpaired) electrons. The fourth-order valence-electron chi connectivity index (χ4n) is 1.45. The molecule has 2 nitrogen and oxygen atoms in total. The average molecular weight is 207 g/mol. The zero-order valence-corrected chi connectivity index (χ0v) is 9.83. The van der Waals surface area contributed by atoms with Crippen LogP contribution in [0.5, 0.6) is 0 Å². The standard InChI is InChI=1S/C13H21NO/c1-10(2)13-6-4-12(5-7-13)9-14-8-11(3)15/h4-7,10-11,14-15H,8-9H2,1-3H3. The van der Waals surface area contributed by atoms with E-state index in [-0.39, 0.29) is 6.10 Å². The molecule has 0 bridgehead atoms. The fourth-order valence-corrected chi connectivity index (χ4v) is 1.45. The molecule has 0 saturated carbocycles. The molecule has 0 aliphatic carbocycles. The van der Waals surface area contributed by atoms with E-state index in [1.54, 1.807) is 6.92 Å². The third-order valence-electron chi connectivity index (χ3n) is 2.42. The second-order valence-corrected chi connectivity index (χ2v) is 4.38. The summed E-state index contributed by atoms with van der Waals surface area (Å²) in [4.78, 5) is 0. The maximum Gasteiger partial charge on any atom is 0.0636 e. The van der Waals surface area contributed by atoms with Crippen LogP contribution in [-0.2, 0) is 6.54 Å². The van der Waals surface area contributed by atoms with Crippen molar-refractivity contribution in [2.45, 2.75) is 39.3 Å². The van der Waals surface area contributed by atoms with Crippen LogP contribution >= 0.6 is 0 Å². The minimum Gasteiger partial charge on any atom is -0.392 e. The summed E-state index contributed by atoms with van der Waals surface area (Å²) in [5.74, 6) is 0.587. The van der Waals surface area contributed by atoms with Crippen molar-refractivity contribution >= 4 is 0 Å². The summed E-state index contributed by atoms with van der Waals surface area (Å²) in [6.45, 7) is 7.64. The number of nitrogens with one attached hydrogen (secondary N) is 1. The molecular weight excluding hydrogens is 186 g/mol. The van der Waals surface area contributed by atoms with E-state index in [9.17, 15) is 0 Å². The molecule has 0 fully saturated rings. The monoisotopic (exact) mass is 207 g/mol. The molecule has 1 aromatic carbocycles. The van der Waals surface area contributed by atoms with Gasteiger partial charge in [0.1, 0.15) is 0 Å². The number of rotatable bonds is 5. The number of hydrogen-bond acceptors (Lipinski definition) is 2. The van der Waals surface area contributed by atoms with Crippen molar-refractivity contribution in [3.05, 3.63) is 35.4 Å². The highest BCUT2D eigenvalue weighted by Gasteiger charge is 1.99. The molecule has 2 N–H and O–H groups in total. The van der Waals surface area contributed by atoms with E-state index in [1.165, 1.54) is 11.1 Å². The summed E-state index contributed by atoms with van der Waals surface area (Å²) in [5.41, 5.74) is 2.63. The quantitative estimate of drug-likeness (QED) is 0.776. The third kappa shape index (κ3) is 4.45. The first-order valence-corrected chi connectivity index (χ1v) is 5.57. The highest BCUT2D eigenvalue weighted by molar-refractivity contribution is 5.24. The molecule has 2 heteroatoms. The minimum atomic E-state index is -0.278. The van der Waals surface area contributed by atoms with E-state index < -0.39 is 0 Å². The Kier molecular flexibility index (Phi) is 4.79. The van der Waals surface area contributed by atoms with Crippen molar-refractivity contribution in [2.24, 2.45) is 0 Å². The zero-order valence-electron chi connectivity index (χ0n) is 9.83. The molecule has 0 aliphatic rings. The van der Waals surface area contributed by atoms with Crippen LogP contribution in [0.3, 0.4) is 0 Å². The van der Waals surface area contributed by atoms with Gasteiger partial charge in [-0.15, -0.1) is 0 Å². The smallest absolute Gasteiger partial charge is 0.0636 e. The lowest BCUT2D eigenvalue weighted by Gasteiger charge is -2.09. The van der Waals surface area contributed by atoms with E-state index in [1.807, 2.05) is 0 Å². The van der Waals surface area contributed by atoms with Crippen LogP contribution in [0.15, 0.2) is 24.3 Å². The van der Waals surface area contributed by atoms with Gasteiger partial charge in [-0.05, 0) is 24.0 Å². The van der Waals surface area contributed by atoms with Gasteiger partial charge in [-0.2, -0.15) is 0 Å². The van der Waals surface area contributed by atoms with Crippen LogP contribution < -0.4 is 5.32 Å². The third-order valence-corrected chi connectivity index (χ3v) is 2.42. The number of aliphatic hydroxyl groups is 1. The Hall–Kier alpha value is -0.860. The van der Waals surface area contributed by atoms with E-state index >= 15 is 0 Å². The molecule has 1 unspecified atom stereocenters. The SMILES string of the molecule is CC(O)CNCc1ccc(C(C)C)cc1. The van der Waals surface area contributed by atoms with Crippen LogP contribution in [0.4, 0.5) is 0 Å². The molecule has 1 atom stereocenters. The van der Waals surface area contributed by atoms with Gasteiger partial charge in [-0.25, -0.2) is 0 Å². The summed E-state index contributed by atoms with van der Waals surface area (Å²) in [7, 11) is 0. The summed E-state index contributed by atoms with van der Waals surface area (Å²) in [6.07, 6.45) is -0.278. The van der Waals surface area contributed by atoms with E-state index in [0.29, 0.717) is 12.5 Å². The van der Waals surface area contributed by atoms with Gasteiger partial charge in [0.15, 0.2) is 0 Å². The Morgan fingerprint density at radius 2 is 1.73 bits per heavy atom. The van der Waals surface area contributed by atoms with E-state index in [0.717, 1.165) is 6.54 Å². The van der Waals surface area contributed by atoms with Crippen molar-refractivity contribution in [3.8, 4) is 0 Å². The van der Waals surface area contributed by atoms with Crippen LogP contribution in [0.1, 0.15) is 37.8 Å². The Labute approximate surface area is 92.3 Å². The minimum absolute atomic E-state index is 0.278. The first-order valence-electron chi connectivity index (χ1n) is 5.57. The van der Waals surface area contributed by atoms with Crippen molar-refractivity contribution in [1.29, 1.82) is 0 Å². The summed E-state index contributed by atoms with van der Waals surface area (Å²) < 4.78 is 0. The average Bonchev–Trinajstić information content (AvgIpc) is 2.18. The van der Waals surface area contributed by atoms with E-state index in [2.05, 4.69) is 43.4 Å². The maximum atomic E-state index is 9.08. The Balaban J connectivity index is 2.43. The molecule has 0 amide bonds. The molecule has 0 spiro atoms. The normalized spacial score (nSPS) is 13.1. The van der Waals surface area contributed by atoms with Crippen molar-refractivity contribution in [2.75, 3.05) is 6.54 Å². The molecule has 1 aromatic rings. The van der Waals surface area contributed by atoms with Gasteiger partial charge in [0.05, 0.1) is 6.10 Å². The number of aliphatic hydroxyl groups excluding tert-OH is 1. The highest BCUT2D eigenvalue weighted by atomic mass is 16.3. The summed E-state index contributed by atoms with van der Waals surface area (Å²) in [5, 5.41) is 12.3. The van der Waals surface area contributed by atoms with Gasteiger partial charge < -0.3 is 10.4 Å². The lowest BCUT2D eigenvalue weighted by molar-refractivity contribution is 0.191. The molecule has 0 aliphatic heterocycles.